The summed E-state index contributed by atoms with van der Waals surface area (Å²) in [7, 11) is 0. The first kappa shape index (κ1) is 13.8. The van der Waals surface area contributed by atoms with Gasteiger partial charge in [-0.15, -0.1) is 0 Å². The number of carbonyl (C=O) groups is 1. The molecule has 1 aliphatic heterocycles. The Morgan fingerprint density at radius 1 is 1.19 bits per heavy atom. The molecule has 1 aliphatic rings. The van der Waals surface area contributed by atoms with Gasteiger partial charge in [-0.1, -0.05) is 22.0 Å². The molecule has 0 aliphatic carbocycles. The van der Waals surface area contributed by atoms with Gasteiger partial charge in [0.25, 0.3) is 5.91 Å². The number of hydrogen-bond acceptors (Lipinski definition) is 4. The molecule has 21 heavy (non-hydrogen) atoms. The Morgan fingerprint density at radius 3 is 2.81 bits per heavy atom. The number of amides is 1. The van der Waals surface area contributed by atoms with Gasteiger partial charge in [0, 0.05) is 22.3 Å². The van der Waals surface area contributed by atoms with Gasteiger partial charge < -0.3 is 20.5 Å². The standard InChI is InChI=1S/C15H13BrN2O3/c16-11-4-10(5-12(17)6-11)15(19)18-7-9-1-2-13-14(3-9)21-8-20-13/h1-6H,7-8,17H2,(H,18,19). The summed E-state index contributed by atoms with van der Waals surface area (Å²) in [6, 6.07) is 10.7. The molecule has 0 aromatic heterocycles. The number of carbonyl (C=O) groups excluding carboxylic acids is 1. The molecule has 108 valence electrons. The molecule has 0 saturated carbocycles. The summed E-state index contributed by atoms with van der Waals surface area (Å²) >= 11 is 3.32. The number of fused-ring (bicyclic) bond motifs is 1. The van der Waals surface area contributed by atoms with Crippen LogP contribution in [0.2, 0.25) is 0 Å². The highest BCUT2D eigenvalue weighted by molar-refractivity contribution is 9.10. The minimum absolute atomic E-state index is 0.180. The molecule has 2 aromatic rings. The summed E-state index contributed by atoms with van der Waals surface area (Å²) < 4.78 is 11.3. The molecule has 0 saturated heterocycles. The minimum Gasteiger partial charge on any atom is -0.454 e. The van der Waals surface area contributed by atoms with Crippen LogP contribution in [0.1, 0.15) is 15.9 Å². The molecular formula is C15H13BrN2O3. The van der Waals surface area contributed by atoms with E-state index in [0.717, 1.165) is 15.8 Å². The van der Waals surface area contributed by atoms with Crippen molar-refractivity contribution in [2.75, 3.05) is 12.5 Å². The molecule has 2 aromatic carbocycles. The van der Waals surface area contributed by atoms with E-state index in [1.807, 2.05) is 18.2 Å². The number of nitrogens with two attached hydrogens (primary N) is 1. The minimum atomic E-state index is -0.180. The van der Waals surface area contributed by atoms with Crippen LogP contribution in [-0.4, -0.2) is 12.7 Å². The maximum atomic E-state index is 12.1. The van der Waals surface area contributed by atoms with Crippen molar-refractivity contribution in [1.82, 2.24) is 5.32 Å². The topological polar surface area (TPSA) is 73.6 Å². The lowest BCUT2D eigenvalue weighted by Crippen LogP contribution is -2.22. The highest BCUT2D eigenvalue weighted by atomic mass is 79.9. The average Bonchev–Trinajstić information content (AvgIpc) is 2.91. The van der Waals surface area contributed by atoms with Crippen molar-refractivity contribution in [1.29, 1.82) is 0 Å². The number of anilines is 1. The number of nitrogen functional groups attached to an aromatic ring is 1. The third kappa shape index (κ3) is 3.11. The Hall–Kier alpha value is -2.21. The summed E-state index contributed by atoms with van der Waals surface area (Å²) in [5.74, 6) is 1.25. The van der Waals surface area contributed by atoms with Gasteiger partial charge in [-0.05, 0) is 35.9 Å². The van der Waals surface area contributed by atoms with Crippen molar-refractivity contribution in [2.45, 2.75) is 6.54 Å². The van der Waals surface area contributed by atoms with E-state index in [1.54, 1.807) is 18.2 Å². The van der Waals surface area contributed by atoms with E-state index in [-0.39, 0.29) is 12.7 Å². The quantitative estimate of drug-likeness (QED) is 0.836. The Bertz CT molecular complexity index is 683. The molecule has 1 amide bonds. The van der Waals surface area contributed by atoms with Gasteiger partial charge in [0.15, 0.2) is 11.5 Å². The first-order valence-electron chi connectivity index (χ1n) is 6.34. The molecule has 0 spiro atoms. The van der Waals surface area contributed by atoms with E-state index in [4.69, 9.17) is 15.2 Å². The fraction of sp³-hybridized carbons (Fsp3) is 0.133. The van der Waals surface area contributed by atoms with Crippen LogP contribution in [0.25, 0.3) is 0 Å². The maximum absolute atomic E-state index is 12.1. The van der Waals surface area contributed by atoms with Crippen LogP contribution in [0.5, 0.6) is 11.5 Å². The van der Waals surface area contributed by atoms with Gasteiger partial charge in [0.05, 0.1) is 0 Å². The van der Waals surface area contributed by atoms with Crippen LogP contribution >= 0.6 is 15.9 Å². The number of hydrogen-bond donors (Lipinski definition) is 2. The molecule has 0 atom stereocenters. The Balaban J connectivity index is 1.68. The predicted molar refractivity (Wildman–Crippen MR) is 82.3 cm³/mol. The average molecular weight is 349 g/mol. The first-order valence-corrected chi connectivity index (χ1v) is 7.14. The van der Waals surface area contributed by atoms with Gasteiger partial charge in [-0.2, -0.15) is 0 Å². The fourth-order valence-electron chi connectivity index (χ4n) is 2.08. The first-order chi connectivity index (χ1) is 10.1. The summed E-state index contributed by atoms with van der Waals surface area (Å²) in [4.78, 5) is 12.1. The molecule has 0 bridgehead atoms. The van der Waals surface area contributed by atoms with Crippen molar-refractivity contribution < 1.29 is 14.3 Å². The Labute approximate surface area is 130 Å². The highest BCUT2D eigenvalue weighted by Gasteiger charge is 2.13. The molecule has 3 rings (SSSR count). The van der Waals surface area contributed by atoms with Crippen LogP contribution in [0.3, 0.4) is 0 Å². The largest absolute Gasteiger partial charge is 0.454 e. The zero-order chi connectivity index (χ0) is 14.8. The predicted octanol–water partition coefficient (Wildman–Crippen LogP) is 2.69. The van der Waals surface area contributed by atoms with E-state index >= 15 is 0 Å². The molecule has 1 heterocycles. The number of benzene rings is 2. The molecule has 0 unspecified atom stereocenters. The summed E-state index contributed by atoms with van der Waals surface area (Å²) in [5, 5.41) is 2.85. The SMILES string of the molecule is Nc1cc(Br)cc(C(=O)NCc2ccc3c(c2)OCO3)c1. The van der Waals surface area contributed by atoms with Crippen molar-refractivity contribution in [3.8, 4) is 11.5 Å². The fourth-order valence-corrected chi connectivity index (χ4v) is 2.59. The second kappa shape index (κ2) is 5.65. The van der Waals surface area contributed by atoms with Gasteiger partial charge in [-0.25, -0.2) is 0 Å². The van der Waals surface area contributed by atoms with Crippen LogP contribution in [0.4, 0.5) is 5.69 Å². The number of nitrogens with one attached hydrogen (secondary N) is 1. The van der Waals surface area contributed by atoms with Gasteiger partial charge in [0.1, 0.15) is 0 Å². The summed E-state index contributed by atoms with van der Waals surface area (Å²) in [6.07, 6.45) is 0. The Morgan fingerprint density at radius 2 is 2.00 bits per heavy atom. The van der Waals surface area contributed by atoms with E-state index in [0.29, 0.717) is 23.5 Å². The lowest BCUT2D eigenvalue weighted by molar-refractivity contribution is 0.0951. The number of halogens is 1. The smallest absolute Gasteiger partial charge is 0.251 e. The summed E-state index contributed by atoms with van der Waals surface area (Å²) in [5.41, 5.74) is 7.72. The van der Waals surface area contributed by atoms with Crippen molar-refractivity contribution in [3.05, 3.63) is 52.0 Å². The van der Waals surface area contributed by atoms with E-state index in [2.05, 4.69) is 21.2 Å². The zero-order valence-corrected chi connectivity index (χ0v) is 12.6. The second-order valence-corrected chi connectivity index (χ2v) is 5.56. The van der Waals surface area contributed by atoms with Crippen molar-refractivity contribution >= 4 is 27.5 Å². The normalized spacial score (nSPS) is 12.2. The van der Waals surface area contributed by atoms with Crippen molar-refractivity contribution in [3.63, 3.8) is 0 Å². The molecular weight excluding hydrogens is 336 g/mol. The molecule has 3 N–H and O–H groups in total. The van der Waals surface area contributed by atoms with Crippen LogP contribution in [0.15, 0.2) is 40.9 Å². The van der Waals surface area contributed by atoms with Crippen LogP contribution in [0, 0.1) is 0 Å². The molecule has 0 fully saturated rings. The molecule has 0 radical (unpaired) electrons. The Kier molecular flexibility index (Phi) is 3.70. The molecule has 5 nitrogen and oxygen atoms in total. The number of ether oxygens (including phenoxy) is 2. The van der Waals surface area contributed by atoms with Gasteiger partial charge in [-0.3, -0.25) is 4.79 Å². The van der Waals surface area contributed by atoms with E-state index < -0.39 is 0 Å². The van der Waals surface area contributed by atoms with Gasteiger partial charge in [0.2, 0.25) is 6.79 Å². The maximum Gasteiger partial charge on any atom is 0.251 e. The third-order valence-electron chi connectivity index (χ3n) is 3.07. The van der Waals surface area contributed by atoms with Crippen LogP contribution < -0.4 is 20.5 Å². The summed E-state index contributed by atoms with van der Waals surface area (Å²) in [6.45, 7) is 0.643. The second-order valence-electron chi connectivity index (χ2n) is 4.64. The van der Waals surface area contributed by atoms with Crippen LogP contribution in [-0.2, 0) is 6.54 Å². The third-order valence-corrected chi connectivity index (χ3v) is 3.53. The van der Waals surface area contributed by atoms with Gasteiger partial charge >= 0.3 is 0 Å². The van der Waals surface area contributed by atoms with E-state index in [9.17, 15) is 4.79 Å². The monoisotopic (exact) mass is 348 g/mol. The zero-order valence-electron chi connectivity index (χ0n) is 11.1. The lowest BCUT2D eigenvalue weighted by Gasteiger charge is -2.07. The lowest BCUT2D eigenvalue weighted by atomic mass is 10.1. The highest BCUT2D eigenvalue weighted by Crippen LogP contribution is 2.32. The van der Waals surface area contributed by atoms with Crippen molar-refractivity contribution in [2.24, 2.45) is 0 Å². The molecule has 6 heteroatoms. The number of rotatable bonds is 3. The van der Waals surface area contributed by atoms with E-state index in [1.165, 1.54) is 0 Å².